The average Bonchev–Trinajstić information content (AvgIpc) is 3.25. The van der Waals surface area contributed by atoms with Crippen LogP contribution in [0.5, 0.6) is 0 Å². The number of hydrogen-bond acceptors (Lipinski definition) is 6. The number of rotatable bonds is 6. The molecule has 5 rings (SSSR count). The number of oxime groups is 1. The molecule has 0 amide bonds. The minimum absolute atomic E-state index is 0.184. The predicted octanol–water partition coefficient (Wildman–Crippen LogP) is 5.25. The SMILES string of the molecule is CN1c2ccccc2Sc2cc(/C=N/OCc3cn(Cc4ccccc4F)nn3)ccc21. The van der Waals surface area contributed by atoms with Crippen molar-refractivity contribution in [3.8, 4) is 0 Å². The summed E-state index contributed by atoms with van der Waals surface area (Å²) in [4.78, 5) is 9.99. The van der Waals surface area contributed by atoms with Gasteiger partial charge in [-0.05, 0) is 35.9 Å². The highest BCUT2D eigenvalue weighted by molar-refractivity contribution is 7.99. The van der Waals surface area contributed by atoms with Crippen molar-refractivity contribution in [1.29, 1.82) is 0 Å². The Morgan fingerprint density at radius 1 is 1.03 bits per heavy atom. The van der Waals surface area contributed by atoms with E-state index in [1.54, 1.807) is 47.1 Å². The molecule has 1 aliphatic heterocycles. The number of para-hydroxylation sites is 1. The Bertz CT molecular complexity index is 1290. The molecule has 0 saturated carbocycles. The third-order valence-electron chi connectivity index (χ3n) is 5.16. The van der Waals surface area contributed by atoms with Crippen molar-refractivity contribution >= 4 is 29.4 Å². The van der Waals surface area contributed by atoms with E-state index in [-0.39, 0.29) is 12.4 Å². The summed E-state index contributed by atoms with van der Waals surface area (Å²) >= 11 is 1.75. The van der Waals surface area contributed by atoms with E-state index in [2.05, 4.69) is 63.8 Å². The number of hydrogen-bond donors (Lipinski definition) is 0. The van der Waals surface area contributed by atoms with Gasteiger partial charge in [-0.15, -0.1) is 5.10 Å². The predicted molar refractivity (Wildman–Crippen MR) is 123 cm³/mol. The summed E-state index contributed by atoms with van der Waals surface area (Å²) < 4.78 is 15.4. The van der Waals surface area contributed by atoms with Gasteiger partial charge in [0.05, 0.1) is 30.3 Å². The Morgan fingerprint density at radius 3 is 2.75 bits per heavy atom. The van der Waals surface area contributed by atoms with Crippen molar-refractivity contribution in [3.63, 3.8) is 0 Å². The van der Waals surface area contributed by atoms with Gasteiger partial charge in [0.25, 0.3) is 0 Å². The third-order valence-corrected chi connectivity index (χ3v) is 6.27. The van der Waals surface area contributed by atoms with Crippen LogP contribution in [-0.2, 0) is 18.0 Å². The Morgan fingerprint density at radius 2 is 1.84 bits per heavy atom. The Hall–Kier alpha value is -3.65. The Balaban J connectivity index is 1.20. The lowest BCUT2D eigenvalue weighted by atomic mass is 10.2. The van der Waals surface area contributed by atoms with E-state index in [0.29, 0.717) is 17.8 Å². The number of anilines is 2. The largest absolute Gasteiger partial charge is 0.389 e. The molecular weight excluding hydrogens is 425 g/mol. The first-order chi connectivity index (χ1) is 15.7. The quantitative estimate of drug-likeness (QED) is 0.300. The molecular formula is C24H20FN5OS. The molecule has 160 valence electrons. The zero-order chi connectivity index (χ0) is 21.9. The number of nitrogens with zero attached hydrogens (tertiary/aromatic N) is 5. The molecule has 0 aliphatic carbocycles. The van der Waals surface area contributed by atoms with Crippen molar-refractivity contribution in [3.05, 3.63) is 95.6 Å². The van der Waals surface area contributed by atoms with Crippen molar-refractivity contribution in [2.24, 2.45) is 5.16 Å². The number of fused-ring (bicyclic) bond motifs is 2. The first-order valence-corrected chi connectivity index (χ1v) is 10.9. The van der Waals surface area contributed by atoms with Gasteiger partial charge in [-0.2, -0.15) is 0 Å². The van der Waals surface area contributed by atoms with Crippen LogP contribution in [0, 0.1) is 5.82 Å². The molecule has 4 aromatic rings. The molecule has 1 aromatic heterocycles. The molecule has 3 aromatic carbocycles. The van der Waals surface area contributed by atoms with Crippen molar-refractivity contribution < 1.29 is 9.23 Å². The minimum Gasteiger partial charge on any atom is -0.389 e. The van der Waals surface area contributed by atoms with Crippen LogP contribution in [0.25, 0.3) is 0 Å². The summed E-state index contributed by atoms with van der Waals surface area (Å²) in [5.41, 5.74) is 4.50. The van der Waals surface area contributed by atoms with Gasteiger partial charge in [-0.3, -0.25) is 0 Å². The number of halogens is 1. The molecule has 0 N–H and O–H groups in total. The summed E-state index contributed by atoms with van der Waals surface area (Å²) in [6.07, 6.45) is 3.41. The van der Waals surface area contributed by atoms with E-state index in [0.717, 1.165) is 5.56 Å². The van der Waals surface area contributed by atoms with E-state index < -0.39 is 0 Å². The van der Waals surface area contributed by atoms with Gasteiger partial charge < -0.3 is 9.74 Å². The van der Waals surface area contributed by atoms with Gasteiger partial charge in [0.1, 0.15) is 11.5 Å². The fraction of sp³-hybridized carbons (Fsp3) is 0.125. The topological polar surface area (TPSA) is 55.5 Å². The number of aromatic nitrogens is 3. The molecule has 0 fully saturated rings. The van der Waals surface area contributed by atoms with E-state index in [9.17, 15) is 4.39 Å². The number of benzene rings is 3. The van der Waals surface area contributed by atoms with Crippen LogP contribution in [0.2, 0.25) is 0 Å². The fourth-order valence-corrected chi connectivity index (χ4v) is 4.72. The van der Waals surface area contributed by atoms with Gasteiger partial charge in [0, 0.05) is 22.4 Å². The average molecular weight is 446 g/mol. The van der Waals surface area contributed by atoms with Gasteiger partial charge in [0.15, 0.2) is 6.61 Å². The molecule has 0 saturated heterocycles. The van der Waals surface area contributed by atoms with Gasteiger partial charge in [-0.1, -0.05) is 58.5 Å². The smallest absolute Gasteiger partial charge is 0.162 e. The molecule has 0 unspecified atom stereocenters. The van der Waals surface area contributed by atoms with Crippen LogP contribution in [0.15, 0.2) is 87.9 Å². The van der Waals surface area contributed by atoms with Crippen molar-refractivity contribution in [1.82, 2.24) is 15.0 Å². The molecule has 0 spiro atoms. The highest BCUT2D eigenvalue weighted by Gasteiger charge is 2.20. The summed E-state index contributed by atoms with van der Waals surface area (Å²) in [5.74, 6) is -0.261. The molecule has 0 bridgehead atoms. The van der Waals surface area contributed by atoms with Crippen LogP contribution in [0.4, 0.5) is 15.8 Å². The summed E-state index contributed by atoms with van der Waals surface area (Å²) in [6, 6.07) is 21.2. The third kappa shape index (κ3) is 4.22. The summed E-state index contributed by atoms with van der Waals surface area (Å²) in [6.45, 7) is 0.497. The van der Waals surface area contributed by atoms with E-state index in [4.69, 9.17) is 4.84 Å². The first-order valence-electron chi connectivity index (χ1n) is 10.1. The molecule has 0 atom stereocenters. The lowest BCUT2D eigenvalue weighted by Crippen LogP contribution is -2.14. The molecule has 2 heterocycles. The second-order valence-corrected chi connectivity index (χ2v) is 8.45. The van der Waals surface area contributed by atoms with Crippen LogP contribution >= 0.6 is 11.8 Å². The molecule has 32 heavy (non-hydrogen) atoms. The van der Waals surface area contributed by atoms with Crippen LogP contribution in [-0.4, -0.2) is 28.3 Å². The zero-order valence-electron chi connectivity index (χ0n) is 17.4. The molecule has 1 aliphatic rings. The second kappa shape index (κ2) is 8.84. The van der Waals surface area contributed by atoms with Crippen LogP contribution in [0.3, 0.4) is 0 Å². The Kier molecular flexibility index (Phi) is 5.60. The lowest BCUT2D eigenvalue weighted by Gasteiger charge is -2.29. The van der Waals surface area contributed by atoms with Gasteiger partial charge >= 0.3 is 0 Å². The first kappa shape index (κ1) is 20.3. The maximum absolute atomic E-state index is 13.8. The standard InChI is InChI=1S/C24H20FN5OS/c1-29-21-8-4-5-9-23(21)32-24-12-17(10-11-22(24)29)13-26-31-16-19-15-30(28-27-19)14-18-6-2-3-7-20(18)25/h2-13,15H,14,16H2,1H3/b26-13+. The molecule has 8 heteroatoms. The summed E-state index contributed by atoms with van der Waals surface area (Å²) in [5, 5.41) is 12.2. The normalized spacial score (nSPS) is 12.6. The second-order valence-electron chi connectivity index (χ2n) is 7.36. The summed E-state index contributed by atoms with van der Waals surface area (Å²) in [7, 11) is 2.08. The fourth-order valence-electron chi connectivity index (χ4n) is 3.52. The zero-order valence-corrected chi connectivity index (χ0v) is 18.2. The highest BCUT2D eigenvalue weighted by Crippen LogP contribution is 2.47. The monoisotopic (exact) mass is 445 g/mol. The lowest BCUT2D eigenvalue weighted by molar-refractivity contribution is 0.129. The van der Waals surface area contributed by atoms with E-state index in [1.807, 2.05) is 6.07 Å². The van der Waals surface area contributed by atoms with Crippen LogP contribution in [0.1, 0.15) is 16.8 Å². The minimum atomic E-state index is -0.261. The van der Waals surface area contributed by atoms with Gasteiger partial charge in [-0.25, -0.2) is 9.07 Å². The van der Waals surface area contributed by atoms with E-state index >= 15 is 0 Å². The maximum Gasteiger partial charge on any atom is 0.162 e. The molecule has 0 radical (unpaired) electrons. The Labute approximate surface area is 189 Å². The maximum atomic E-state index is 13.8. The van der Waals surface area contributed by atoms with Crippen molar-refractivity contribution in [2.75, 3.05) is 11.9 Å². The highest BCUT2D eigenvalue weighted by atomic mass is 32.2. The molecule has 6 nitrogen and oxygen atoms in total. The van der Waals surface area contributed by atoms with Gasteiger partial charge in [0.2, 0.25) is 0 Å². The van der Waals surface area contributed by atoms with Crippen molar-refractivity contribution in [2.45, 2.75) is 22.9 Å². The van der Waals surface area contributed by atoms with Crippen LogP contribution < -0.4 is 4.90 Å². The van der Waals surface area contributed by atoms with E-state index in [1.165, 1.54) is 27.2 Å².